The lowest BCUT2D eigenvalue weighted by Crippen LogP contribution is -2.42. The van der Waals surface area contributed by atoms with E-state index in [0.29, 0.717) is 31.7 Å². The largest absolute Gasteiger partial charge is 0.490 e. The van der Waals surface area contributed by atoms with Crippen LogP contribution in [0.2, 0.25) is 0 Å². The normalized spacial score (nSPS) is 15.0. The van der Waals surface area contributed by atoms with Crippen LogP contribution in [0.25, 0.3) is 0 Å². The molecule has 1 saturated heterocycles. The molecule has 1 amide bonds. The van der Waals surface area contributed by atoms with E-state index in [4.69, 9.17) is 9.84 Å². The smallest absolute Gasteiger partial charge is 0.356 e. The van der Waals surface area contributed by atoms with Crippen LogP contribution < -0.4 is 4.74 Å². The maximum absolute atomic E-state index is 12.9. The fraction of sp³-hybridized carbons (Fsp3) is 0.294. The third kappa shape index (κ3) is 4.09. The number of aromatic nitrogens is 2. The van der Waals surface area contributed by atoms with Crippen LogP contribution in [0.1, 0.15) is 33.8 Å². The van der Waals surface area contributed by atoms with Crippen molar-refractivity contribution in [2.24, 2.45) is 0 Å². The lowest BCUT2D eigenvalue weighted by atomic mass is 10.1. The summed E-state index contributed by atoms with van der Waals surface area (Å²) in [6.45, 7) is 0.986. The fourth-order valence-electron chi connectivity index (χ4n) is 2.59. The van der Waals surface area contributed by atoms with E-state index in [1.807, 2.05) is 0 Å². The van der Waals surface area contributed by atoms with E-state index in [2.05, 4.69) is 9.97 Å². The molecular weight excluding hydrogens is 329 g/mol. The second kappa shape index (κ2) is 7.25. The number of carbonyl (C=O) groups is 2. The number of ether oxygens (including phenoxy) is 1. The van der Waals surface area contributed by atoms with E-state index in [9.17, 15) is 14.0 Å². The topological polar surface area (TPSA) is 92.6 Å². The first kappa shape index (κ1) is 16.8. The molecule has 25 heavy (non-hydrogen) atoms. The number of likely N-dealkylation sites (tertiary alicyclic amines) is 1. The predicted octanol–water partition coefficient (Wildman–Crippen LogP) is 2.00. The molecule has 0 aliphatic carbocycles. The molecule has 130 valence electrons. The average molecular weight is 345 g/mol. The molecular formula is C17H16FN3O4. The Morgan fingerprint density at radius 3 is 2.24 bits per heavy atom. The fourth-order valence-corrected chi connectivity index (χ4v) is 2.59. The maximum atomic E-state index is 12.9. The number of rotatable bonds is 4. The molecule has 0 radical (unpaired) electrons. The molecule has 1 aliphatic rings. The van der Waals surface area contributed by atoms with Gasteiger partial charge in [0.25, 0.3) is 5.91 Å². The Bertz CT molecular complexity index is 756. The van der Waals surface area contributed by atoms with Gasteiger partial charge >= 0.3 is 5.97 Å². The molecule has 2 heterocycles. The van der Waals surface area contributed by atoms with Crippen LogP contribution in [0.4, 0.5) is 4.39 Å². The van der Waals surface area contributed by atoms with Gasteiger partial charge in [-0.15, -0.1) is 0 Å². The van der Waals surface area contributed by atoms with Crippen LogP contribution in [0, 0.1) is 5.82 Å². The molecule has 1 N–H and O–H groups in total. The van der Waals surface area contributed by atoms with Crippen molar-refractivity contribution in [1.29, 1.82) is 0 Å². The zero-order chi connectivity index (χ0) is 17.8. The Balaban J connectivity index is 1.55. The lowest BCUT2D eigenvalue weighted by molar-refractivity contribution is 0.0586. The second-order valence-corrected chi connectivity index (χ2v) is 5.66. The lowest BCUT2D eigenvalue weighted by Gasteiger charge is -2.32. The van der Waals surface area contributed by atoms with Crippen molar-refractivity contribution in [3.05, 3.63) is 53.9 Å². The Kier molecular flexibility index (Phi) is 4.87. The molecule has 1 aromatic carbocycles. The number of benzene rings is 1. The van der Waals surface area contributed by atoms with Gasteiger partial charge in [0, 0.05) is 25.9 Å². The minimum Gasteiger partial charge on any atom is -0.490 e. The summed E-state index contributed by atoms with van der Waals surface area (Å²) in [5.41, 5.74) is -0.0918. The second-order valence-electron chi connectivity index (χ2n) is 5.66. The third-order valence-corrected chi connectivity index (χ3v) is 3.94. The highest BCUT2D eigenvalue weighted by Crippen LogP contribution is 2.20. The average Bonchev–Trinajstić information content (AvgIpc) is 2.64. The zero-order valence-electron chi connectivity index (χ0n) is 13.3. The molecule has 0 unspecified atom stereocenters. The predicted molar refractivity (Wildman–Crippen MR) is 84.9 cm³/mol. The van der Waals surface area contributed by atoms with Crippen LogP contribution >= 0.6 is 0 Å². The molecule has 7 nitrogen and oxygen atoms in total. The molecule has 1 fully saturated rings. The monoisotopic (exact) mass is 345 g/mol. The first-order valence-corrected chi connectivity index (χ1v) is 7.80. The van der Waals surface area contributed by atoms with Crippen LogP contribution in [-0.4, -0.2) is 51.0 Å². The van der Waals surface area contributed by atoms with Gasteiger partial charge in [-0.1, -0.05) is 0 Å². The number of carboxylic acid groups (broad SMARTS) is 1. The first-order chi connectivity index (χ1) is 12.0. The molecule has 2 aromatic rings. The summed E-state index contributed by atoms with van der Waals surface area (Å²) in [6.07, 6.45) is 3.48. The van der Waals surface area contributed by atoms with E-state index >= 15 is 0 Å². The van der Waals surface area contributed by atoms with Gasteiger partial charge < -0.3 is 14.7 Å². The molecule has 1 aromatic heterocycles. The van der Waals surface area contributed by atoms with Crippen molar-refractivity contribution in [3.63, 3.8) is 0 Å². The number of hydrogen-bond donors (Lipinski definition) is 1. The molecule has 1 aliphatic heterocycles. The number of carboxylic acids is 1. The van der Waals surface area contributed by atoms with Crippen molar-refractivity contribution in [3.8, 4) is 5.75 Å². The van der Waals surface area contributed by atoms with E-state index in [1.54, 1.807) is 17.0 Å². The van der Waals surface area contributed by atoms with E-state index in [1.165, 1.54) is 18.3 Å². The van der Waals surface area contributed by atoms with Gasteiger partial charge in [0.1, 0.15) is 23.4 Å². The van der Waals surface area contributed by atoms with Gasteiger partial charge in [-0.25, -0.2) is 19.2 Å². The van der Waals surface area contributed by atoms with Crippen molar-refractivity contribution in [1.82, 2.24) is 14.9 Å². The standard InChI is InChI=1S/C17H16FN3O4/c18-11-1-3-12(4-2-11)25-13-5-7-21(8-6-13)16(22)14-9-20-15(10-19-14)17(23)24/h1-4,9-10,13H,5-8H2,(H,23,24). The number of aromatic carboxylic acids is 1. The van der Waals surface area contributed by atoms with Gasteiger partial charge in [-0.3, -0.25) is 4.79 Å². The van der Waals surface area contributed by atoms with E-state index < -0.39 is 5.97 Å². The molecule has 0 bridgehead atoms. The number of amides is 1. The van der Waals surface area contributed by atoms with E-state index in [-0.39, 0.29) is 29.2 Å². The van der Waals surface area contributed by atoms with Gasteiger partial charge in [-0.2, -0.15) is 0 Å². The third-order valence-electron chi connectivity index (χ3n) is 3.94. The SMILES string of the molecule is O=C(O)c1cnc(C(=O)N2CCC(Oc3ccc(F)cc3)CC2)cn1. The van der Waals surface area contributed by atoms with Crippen LogP contribution in [0.5, 0.6) is 5.75 Å². The molecule has 3 rings (SSSR count). The Hall–Kier alpha value is -3.03. The van der Waals surface area contributed by atoms with Crippen LogP contribution in [-0.2, 0) is 0 Å². The zero-order valence-corrected chi connectivity index (χ0v) is 13.3. The van der Waals surface area contributed by atoms with Gasteiger partial charge in [0.2, 0.25) is 0 Å². The quantitative estimate of drug-likeness (QED) is 0.911. The van der Waals surface area contributed by atoms with Crippen LogP contribution in [0.15, 0.2) is 36.7 Å². The molecule has 0 saturated carbocycles. The summed E-state index contributed by atoms with van der Waals surface area (Å²) in [5.74, 6) is -1.20. The highest BCUT2D eigenvalue weighted by Gasteiger charge is 2.25. The highest BCUT2D eigenvalue weighted by atomic mass is 19.1. The number of halogens is 1. The number of hydrogen-bond acceptors (Lipinski definition) is 5. The molecule has 0 spiro atoms. The number of piperidine rings is 1. The summed E-state index contributed by atoms with van der Waals surface area (Å²) < 4.78 is 18.7. The van der Waals surface area contributed by atoms with Gasteiger partial charge in [0.15, 0.2) is 5.69 Å². The first-order valence-electron chi connectivity index (χ1n) is 7.80. The maximum Gasteiger partial charge on any atom is 0.356 e. The summed E-state index contributed by atoms with van der Waals surface area (Å²) in [5, 5.41) is 8.80. The Morgan fingerprint density at radius 1 is 1.08 bits per heavy atom. The van der Waals surface area contributed by atoms with Crippen molar-refractivity contribution in [2.45, 2.75) is 18.9 Å². The minimum absolute atomic E-state index is 0.0463. The van der Waals surface area contributed by atoms with Crippen molar-refractivity contribution >= 4 is 11.9 Å². The van der Waals surface area contributed by atoms with Gasteiger partial charge in [-0.05, 0) is 24.3 Å². The Labute approximate surface area is 143 Å². The van der Waals surface area contributed by atoms with E-state index in [0.717, 1.165) is 6.20 Å². The minimum atomic E-state index is -1.19. The summed E-state index contributed by atoms with van der Waals surface area (Å²) in [4.78, 5) is 32.3. The summed E-state index contributed by atoms with van der Waals surface area (Å²) in [7, 11) is 0. The highest BCUT2D eigenvalue weighted by molar-refractivity contribution is 5.92. The number of nitrogens with zero attached hydrogens (tertiary/aromatic N) is 3. The Morgan fingerprint density at radius 2 is 1.68 bits per heavy atom. The van der Waals surface area contributed by atoms with Gasteiger partial charge in [0.05, 0.1) is 12.4 Å². The summed E-state index contributed by atoms with van der Waals surface area (Å²) >= 11 is 0. The van der Waals surface area contributed by atoms with Crippen molar-refractivity contribution in [2.75, 3.05) is 13.1 Å². The summed E-state index contributed by atoms with van der Waals surface area (Å²) in [6, 6.07) is 5.83. The van der Waals surface area contributed by atoms with Crippen LogP contribution in [0.3, 0.4) is 0 Å². The molecule has 0 atom stereocenters. The number of carbonyl (C=O) groups excluding carboxylic acids is 1. The van der Waals surface area contributed by atoms with Crippen molar-refractivity contribution < 1.29 is 23.8 Å². The molecule has 8 heteroatoms.